The average molecular weight is 447 g/mol. The van der Waals surface area contributed by atoms with Crippen LogP contribution >= 0.6 is 0 Å². The smallest absolute Gasteiger partial charge is 0.267 e. The number of likely N-dealkylation sites (tertiary alicyclic amines) is 1. The van der Waals surface area contributed by atoms with Crippen LogP contribution in [-0.4, -0.2) is 46.9 Å². The number of amides is 2. The van der Waals surface area contributed by atoms with E-state index < -0.39 is 5.91 Å². The summed E-state index contributed by atoms with van der Waals surface area (Å²) in [6.07, 6.45) is 1.56. The summed E-state index contributed by atoms with van der Waals surface area (Å²) in [5, 5.41) is 0. The van der Waals surface area contributed by atoms with Crippen LogP contribution in [0.5, 0.6) is 5.75 Å². The van der Waals surface area contributed by atoms with E-state index in [0.717, 1.165) is 35.5 Å². The first-order valence-corrected chi connectivity index (χ1v) is 11.3. The van der Waals surface area contributed by atoms with Crippen LogP contribution in [0.2, 0.25) is 0 Å². The van der Waals surface area contributed by atoms with Crippen LogP contribution < -0.4 is 10.5 Å². The predicted molar refractivity (Wildman–Crippen MR) is 127 cm³/mol. The number of hydrogen-bond donors (Lipinski definition) is 2. The zero-order valence-electron chi connectivity index (χ0n) is 19.3. The molecule has 4 rings (SSSR count). The Bertz CT molecular complexity index is 1130. The van der Waals surface area contributed by atoms with E-state index in [9.17, 15) is 9.59 Å². The third-order valence-electron chi connectivity index (χ3n) is 6.47. The van der Waals surface area contributed by atoms with Crippen molar-refractivity contribution in [2.75, 3.05) is 20.2 Å². The van der Waals surface area contributed by atoms with E-state index in [2.05, 4.69) is 4.98 Å². The monoisotopic (exact) mass is 446 g/mol. The van der Waals surface area contributed by atoms with Gasteiger partial charge in [0.15, 0.2) is 0 Å². The molecule has 3 N–H and O–H groups in total. The number of benzene rings is 2. The van der Waals surface area contributed by atoms with Gasteiger partial charge in [0, 0.05) is 24.6 Å². The lowest BCUT2D eigenvalue weighted by molar-refractivity contribution is -0.133. The Balaban J connectivity index is 1.46. The van der Waals surface area contributed by atoms with Crippen LogP contribution in [0, 0.1) is 6.92 Å². The van der Waals surface area contributed by atoms with E-state index in [1.165, 1.54) is 5.56 Å². The summed E-state index contributed by atoms with van der Waals surface area (Å²) in [7, 11) is 1.61. The lowest BCUT2D eigenvalue weighted by atomic mass is 9.93. The number of carbonyl (C=O) groups is 2. The number of ether oxygens (including phenoxy) is 1. The molecule has 1 saturated heterocycles. The molecule has 33 heavy (non-hydrogen) atoms. The molecule has 2 aromatic carbocycles. The molecular weight excluding hydrogens is 416 g/mol. The summed E-state index contributed by atoms with van der Waals surface area (Å²) >= 11 is 0. The Morgan fingerprint density at radius 1 is 1.09 bits per heavy atom. The maximum Gasteiger partial charge on any atom is 0.267 e. The molecule has 172 valence electrons. The third kappa shape index (κ3) is 4.77. The van der Waals surface area contributed by atoms with Gasteiger partial charge in [0.2, 0.25) is 5.91 Å². The first-order valence-electron chi connectivity index (χ1n) is 11.3. The van der Waals surface area contributed by atoms with Crippen molar-refractivity contribution >= 4 is 11.8 Å². The minimum absolute atomic E-state index is 0.133. The first-order chi connectivity index (χ1) is 15.9. The molecule has 1 atom stereocenters. The minimum atomic E-state index is -0.542. The SMILES string of the molecule is COc1ccc(-c2nc(C3CCN(C(=O)[C@@H](C)c4ccc(C)cc4)CC3)[nH]c2C(N)=O)cc1. The second kappa shape index (κ2) is 9.48. The second-order valence-electron chi connectivity index (χ2n) is 8.67. The molecule has 0 aliphatic carbocycles. The van der Waals surface area contributed by atoms with Gasteiger partial charge in [-0.25, -0.2) is 4.98 Å². The normalized spacial score (nSPS) is 15.3. The van der Waals surface area contributed by atoms with E-state index in [4.69, 9.17) is 15.5 Å². The second-order valence-corrected chi connectivity index (χ2v) is 8.67. The van der Waals surface area contributed by atoms with Crippen molar-refractivity contribution in [3.8, 4) is 17.0 Å². The van der Waals surface area contributed by atoms with Crippen LogP contribution in [0.25, 0.3) is 11.3 Å². The highest BCUT2D eigenvalue weighted by atomic mass is 16.5. The first kappa shape index (κ1) is 22.6. The Hall–Kier alpha value is -3.61. The van der Waals surface area contributed by atoms with Crippen LogP contribution in [0.1, 0.15) is 59.0 Å². The largest absolute Gasteiger partial charge is 0.497 e. The quantitative estimate of drug-likeness (QED) is 0.597. The highest BCUT2D eigenvalue weighted by Crippen LogP contribution is 2.32. The Morgan fingerprint density at radius 2 is 1.73 bits per heavy atom. The predicted octanol–water partition coefficient (Wildman–Crippen LogP) is 4.00. The number of methoxy groups -OCH3 is 1. The minimum Gasteiger partial charge on any atom is -0.497 e. The molecular formula is C26H30N4O3. The lowest BCUT2D eigenvalue weighted by Gasteiger charge is -2.33. The lowest BCUT2D eigenvalue weighted by Crippen LogP contribution is -2.40. The van der Waals surface area contributed by atoms with E-state index >= 15 is 0 Å². The summed E-state index contributed by atoms with van der Waals surface area (Å²) in [5.74, 6) is 1.04. The van der Waals surface area contributed by atoms with Crippen molar-refractivity contribution in [2.24, 2.45) is 5.73 Å². The number of aryl methyl sites for hydroxylation is 1. The molecule has 2 heterocycles. The number of aromatic amines is 1. The van der Waals surface area contributed by atoms with Crippen LogP contribution in [0.15, 0.2) is 48.5 Å². The molecule has 1 fully saturated rings. The van der Waals surface area contributed by atoms with Crippen molar-refractivity contribution in [3.63, 3.8) is 0 Å². The molecule has 1 aromatic heterocycles. The van der Waals surface area contributed by atoms with Crippen molar-refractivity contribution in [3.05, 3.63) is 71.2 Å². The van der Waals surface area contributed by atoms with E-state index in [1.807, 2.05) is 67.3 Å². The molecule has 7 nitrogen and oxygen atoms in total. The number of nitrogens with one attached hydrogen (secondary N) is 1. The van der Waals surface area contributed by atoms with Gasteiger partial charge in [-0.1, -0.05) is 29.8 Å². The fraction of sp³-hybridized carbons (Fsp3) is 0.346. The molecule has 1 aliphatic heterocycles. The molecule has 0 radical (unpaired) electrons. The summed E-state index contributed by atoms with van der Waals surface area (Å²) in [4.78, 5) is 34.9. The van der Waals surface area contributed by atoms with Crippen molar-refractivity contribution in [1.82, 2.24) is 14.9 Å². The Kier molecular flexibility index (Phi) is 6.49. The number of carbonyl (C=O) groups excluding carboxylic acids is 2. The maximum absolute atomic E-state index is 13.0. The van der Waals surface area contributed by atoms with Gasteiger partial charge in [-0.2, -0.15) is 0 Å². The Labute approximate surface area is 194 Å². The summed E-state index contributed by atoms with van der Waals surface area (Å²) in [5.41, 5.74) is 9.49. The standard InChI is InChI=1S/C26H30N4O3/c1-16-4-6-18(7-5-16)17(2)26(32)30-14-12-20(13-15-30)25-28-22(23(29-25)24(27)31)19-8-10-21(33-3)11-9-19/h4-11,17,20H,12-15H2,1-3H3,(H2,27,31)(H,28,29)/t17-/m0/s1. The van der Waals surface area contributed by atoms with Gasteiger partial charge in [0.1, 0.15) is 23.0 Å². The van der Waals surface area contributed by atoms with Crippen LogP contribution in [-0.2, 0) is 4.79 Å². The van der Waals surface area contributed by atoms with Gasteiger partial charge in [-0.15, -0.1) is 0 Å². The molecule has 1 aliphatic rings. The number of primary amides is 1. The molecule has 7 heteroatoms. The fourth-order valence-electron chi connectivity index (χ4n) is 4.37. The fourth-order valence-corrected chi connectivity index (χ4v) is 4.37. The molecule has 3 aromatic rings. The molecule has 0 saturated carbocycles. The zero-order valence-corrected chi connectivity index (χ0v) is 19.3. The number of rotatable bonds is 6. The molecule has 2 amide bonds. The van der Waals surface area contributed by atoms with Crippen molar-refractivity contribution < 1.29 is 14.3 Å². The highest BCUT2D eigenvalue weighted by Gasteiger charge is 2.30. The molecule has 0 bridgehead atoms. The number of nitrogens with two attached hydrogens (primary N) is 1. The zero-order chi connectivity index (χ0) is 23.5. The van der Waals surface area contributed by atoms with Gasteiger partial charge in [0.25, 0.3) is 5.91 Å². The molecule has 0 unspecified atom stereocenters. The number of hydrogen-bond acceptors (Lipinski definition) is 4. The van der Waals surface area contributed by atoms with Gasteiger partial charge in [0.05, 0.1) is 13.0 Å². The van der Waals surface area contributed by atoms with Crippen molar-refractivity contribution in [1.29, 1.82) is 0 Å². The number of aromatic nitrogens is 2. The number of nitrogens with zero attached hydrogens (tertiary/aromatic N) is 2. The van der Waals surface area contributed by atoms with Crippen molar-refractivity contribution in [2.45, 2.75) is 38.5 Å². The van der Waals surface area contributed by atoms with E-state index in [1.54, 1.807) is 7.11 Å². The topological polar surface area (TPSA) is 101 Å². The summed E-state index contributed by atoms with van der Waals surface area (Å²) in [6.45, 7) is 5.32. The van der Waals surface area contributed by atoms with Crippen LogP contribution in [0.4, 0.5) is 0 Å². The van der Waals surface area contributed by atoms with E-state index in [0.29, 0.717) is 24.5 Å². The summed E-state index contributed by atoms with van der Waals surface area (Å²) in [6, 6.07) is 15.5. The Morgan fingerprint density at radius 3 is 2.30 bits per heavy atom. The number of imidazole rings is 1. The highest BCUT2D eigenvalue weighted by molar-refractivity contribution is 5.97. The van der Waals surface area contributed by atoms with Gasteiger partial charge < -0.3 is 20.4 Å². The van der Waals surface area contributed by atoms with E-state index in [-0.39, 0.29) is 17.7 Å². The molecule has 0 spiro atoms. The third-order valence-corrected chi connectivity index (χ3v) is 6.47. The summed E-state index contributed by atoms with van der Waals surface area (Å²) < 4.78 is 5.21. The average Bonchev–Trinajstić information content (AvgIpc) is 3.30. The van der Waals surface area contributed by atoms with Gasteiger partial charge >= 0.3 is 0 Å². The van der Waals surface area contributed by atoms with Gasteiger partial charge in [-0.05, 0) is 56.5 Å². The number of H-pyrrole nitrogens is 1. The van der Waals surface area contributed by atoms with Crippen LogP contribution in [0.3, 0.4) is 0 Å². The van der Waals surface area contributed by atoms with Gasteiger partial charge in [-0.3, -0.25) is 9.59 Å². The maximum atomic E-state index is 13.0. The number of piperidine rings is 1.